The highest BCUT2D eigenvalue weighted by atomic mass is 16.3. The first-order valence-electron chi connectivity index (χ1n) is 3.00. The predicted octanol–water partition coefficient (Wildman–Crippen LogP) is 1.32. The molecule has 0 radical (unpaired) electrons. The van der Waals surface area contributed by atoms with Crippen molar-refractivity contribution in [3.63, 3.8) is 0 Å². The van der Waals surface area contributed by atoms with E-state index in [1.54, 1.807) is 30.3 Å². The van der Waals surface area contributed by atoms with Gasteiger partial charge in [0.25, 0.3) is 0 Å². The van der Waals surface area contributed by atoms with Crippen molar-refractivity contribution < 1.29 is 5.11 Å². The van der Waals surface area contributed by atoms with Gasteiger partial charge in [0.1, 0.15) is 5.75 Å². The molecule has 0 aliphatic rings. The molecule has 0 aliphatic carbocycles. The van der Waals surface area contributed by atoms with E-state index < -0.39 is 0 Å². The van der Waals surface area contributed by atoms with Gasteiger partial charge in [-0.1, -0.05) is 12.1 Å². The summed E-state index contributed by atoms with van der Waals surface area (Å²) in [6.07, 6.45) is 3.23. The maximum Gasteiger partial charge on any atom is 0.115 e. The zero-order valence-corrected chi connectivity index (χ0v) is 5.49. The summed E-state index contributed by atoms with van der Waals surface area (Å²) in [4.78, 5) is 0. The molecule has 0 saturated heterocycles. The van der Waals surface area contributed by atoms with Gasteiger partial charge in [0.2, 0.25) is 0 Å². The van der Waals surface area contributed by atoms with Crippen LogP contribution < -0.4 is 5.73 Å². The van der Waals surface area contributed by atoms with Gasteiger partial charge in [-0.05, 0) is 30.0 Å². The van der Waals surface area contributed by atoms with Crippen LogP contribution in [-0.4, -0.2) is 5.11 Å². The average molecular weight is 135 g/mol. The summed E-state index contributed by atoms with van der Waals surface area (Å²) in [7, 11) is 0. The van der Waals surface area contributed by atoms with Crippen molar-refractivity contribution in [3.05, 3.63) is 36.0 Å². The van der Waals surface area contributed by atoms with Crippen molar-refractivity contribution in [2.24, 2.45) is 5.73 Å². The van der Waals surface area contributed by atoms with Gasteiger partial charge < -0.3 is 10.8 Å². The first kappa shape index (κ1) is 6.68. The lowest BCUT2D eigenvalue weighted by molar-refractivity contribution is 0.475. The van der Waals surface area contributed by atoms with Crippen LogP contribution in [0.4, 0.5) is 0 Å². The third-order valence-corrected chi connectivity index (χ3v) is 1.18. The molecule has 1 rings (SSSR count). The standard InChI is InChI=1S/C8H9NO/c9-6-5-7-1-3-8(10)4-2-7/h1-6,10H,9H2/b6-5-. The number of rotatable bonds is 1. The Kier molecular flexibility index (Phi) is 1.95. The number of hydrogen-bond donors (Lipinski definition) is 2. The number of benzene rings is 1. The molecule has 10 heavy (non-hydrogen) atoms. The monoisotopic (exact) mass is 135 g/mol. The molecule has 3 N–H and O–H groups in total. The predicted molar refractivity (Wildman–Crippen MR) is 41.3 cm³/mol. The highest BCUT2D eigenvalue weighted by Crippen LogP contribution is 2.09. The van der Waals surface area contributed by atoms with E-state index in [-0.39, 0.29) is 5.75 Å². The van der Waals surface area contributed by atoms with Crippen molar-refractivity contribution >= 4 is 6.08 Å². The topological polar surface area (TPSA) is 46.2 Å². The summed E-state index contributed by atoms with van der Waals surface area (Å²) in [6, 6.07) is 6.82. The Labute approximate surface area is 59.6 Å². The van der Waals surface area contributed by atoms with Crippen LogP contribution in [0.15, 0.2) is 30.5 Å². The van der Waals surface area contributed by atoms with Crippen LogP contribution in [0.5, 0.6) is 5.75 Å². The Morgan fingerprint density at radius 1 is 1.20 bits per heavy atom. The molecule has 52 valence electrons. The van der Waals surface area contributed by atoms with E-state index in [1.165, 1.54) is 6.20 Å². The number of phenols is 1. The zero-order chi connectivity index (χ0) is 7.40. The zero-order valence-electron chi connectivity index (χ0n) is 5.49. The van der Waals surface area contributed by atoms with Crippen molar-refractivity contribution in [1.29, 1.82) is 0 Å². The minimum Gasteiger partial charge on any atom is -0.508 e. The molecule has 0 aliphatic heterocycles. The third-order valence-electron chi connectivity index (χ3n) is 1.18. The Morgan fingerprint density at radius 3 is 2.30 bits per heavy atom. The fourth-order valence-corrected chi connectivity index (χ4v) is 0.697. The Bertz CT molecular complexity index is 226. The maximum absolute atomic E-state index is 8.87. The molecule has 2 nitrogen and oxygen atoms in total. The Hall–Kier alpha value is -1.44. The SMILES string of the molecule is N/C=C\c1ccc(O)cc1. The molecule has 0 unspecified atom stereocenters. The van der Waals surface area contributed by atoms with Crippen LogP contribution in [0, 0.1) is 0 Å². The van der Waals surface area contributed by atoms with E-state index in [2.05, 4.69) is 0 Å². The molecule has 0 amide bonds. The minimum absolute atomic E-state index is 0.272. The molecule has 1 aromatic rings. The summed E-state index contributed by atoms with van der Waals surface area (Å²) >= 11 is 0. The smallest absolute Gasteiger partial charge is 0.115 e. The van der Waals surface area contributed by atoms with Crippen LogP contribution in [0.3, 0.4) is 0 Å². The normalized spacial score (nSPS) is 10.4. The number of nitrogens with two attached hydrogens (primary N) is 1. The molecule has 0 bridgehead atoms. The molecule has 0 spiro atoms. The maximum atomic E-state index is 8.87. The van der Waals surface area contributed by atoms with Gasteiger partial charge in [-0.3, -0.25) is 0 Å². The van der Waals surface area contributed by atoms with E-state index in [0.29, 0.717) is 0 Å². The summed E-state index contributed by atoms with van der Waals surface area (Å²) < 4.78 is 0. The highest BCUT2D eigenvalue weighted by molar-refractivity contribution is 5.49. The van der Waals surface area contributed by atoms with Crippen LogP contribution in [-0.2, 0) is 0 Å². The fraction of sp³-hybridized carbons (Fsp3) is 0. The summed E-state index contributed by atoms with van der Waals surface area (Å²) in [5.74, 6) is 0.272. The number of phenolic OH excluding ortho intramolecular Hbond substituents is 1. The van der Waals surface area contributed by atoms with Gasteiger partial charge in [0.15, 0.2) is 0 Å². The van der Waals surface area contributed by atoms with E-state index in [9.17, 15) is 0 Å². The van der Waals surface area contributed by atoms with Crippen LogP contribution >= 0.6 is 0 Å². The quantitative estimate of drug-likeness (QED) is 0.610. The Balaban J connectivity index is 2.89. The molecule has 1 aromatic carbocycles. The van der Waals surface area contributed by atoms with E-state index >= 15 is 0 Å². The highest BCUT2D eigenvalue weighted by Gasteiger charge is 1.85. The fourth-order valence-electron chi connectivity index (χ4n) is 0.697. The first-order chi connectivity index (χ1) is 4.83. The van der Waals surface area contributed by atoms with Gasteiger partial charge in [-0.15, -0.1) is 0 Å². The van der Waals surface area contributed by atoms with E-state index in [0.717, 1.165) is 5.56 Å². The molecule has 2 heteroatoms. The Morgan fingerprint density at radius 2 is 1.80 bits per heavy atom. The van der Waals surface area contributed by atoms with Gasteiger partial charge in [0.05, 0.1) is 0 Å². The molecule has 0 heterocycles. The van der Waals surface area contributed by atoms with Gasteiger partial charge >= 0.3 is 0 Å². The van der Waals surface area contributed by atoms with E-state index in [4.69, 9.17) is 10.8 Å². The van der Waals surface area contributed by atoms with E-state index in [1.807, 2.05) is 0 Å². The molecule has 0 atom stereocenters. The van der Waals surface area contributed by atoms with Crippen molar-refractivity contribution in [2.45, 2.75) is 0 Å². The molecule has 0 fully saturated rings. The summed E-state index contributed by atoms with van der Waals surface area (Å²) in [5, 5.41) is 8.87. The van der Waals surface area contributed by atoms with Gasteiger partial charge in [-0.2, -0.15) is 0 Å². The van der Waals surface area contributed by atoms with Crippen LogP contribution in [0.1, 0.15) is 5.56 Å². The second-order valence-corrected chi connectivity index (χ2v) is 1.95. The summed E-state index contributed by atoms with van der Waals surface area (Å²) in [6.45, 7) is 0. The van der Waals surface area contributed by atoms with Gasteiger partial charge in [0, 0.05) is 0 Å². The lowest BCUT2D eigenvalue weighted by atomic mass is 10.2. The second kappa shape index (κ2) is 2.92. The average Bonchev–Trinajstić information content (AvgIpc) is 1.95. The third kappa shape index (κ3) is 1.52. The van der Waals surface area contributed by atoms with Crippen molar-refractivity contribution in [1.82, 2.24) is 0 Å². The van der Waals surface area contributed by atoms with Crippen LogP contribution in [0.2, 0.25) is 0 Å². The van der Waals surface area contributed by atoms with Crippen molar-refractivity contribution in [3.8, 4) is 5.75 Å². The number of aromatic hydroxyl groups is 1. The van der Waals surface area contributed by atoms with Crippen molar-refractivity contribution in [2.75, 3.05) is 0 Å². The first-order valence-corrected chi connectivity index (χ1v) is 3.00. The molecular formula is C8H9NO. The minimum atomic E-state index is 0.272. The molecular weight excluding hydrogens is 126 g/mol. The van der Waals surface area contributed by atoms with Crippen LogP contribution in [0.25, 0.3) is 6.08 Å². The second-order valence-electron chi connectivity index (χ2n) is 1.95. The largest absolute Gasteiger partial charge is 0.508 e. The molecule has 0 aromatic heterocycles. The lowest BCUT2D eigenvalue weighted by Gasteiger charge is -1.91. The number of hydrogen-bond acceptors (Lipinski definition) is 2. The lowest BCUT2D eigenvalue weighted by Crippen LogP contribution is -1.76. The summed E-state index contributed by atoms with van der Waals surface area (Å²) in [5.41, 5.74) is 6.14. The molecule has 0 saturated carbocycles. The van der Waals surface area contributed by atoms with Gasteiger partial charge in [-0.25, -0.2) is 0 Å².